The van der Waals surface area contributed by atoms with Gasteiger partial charge in [0, 0.05) is 30.1 Å². The molecule has 1 saturated heterocycles. The van der Waals surface area contributed by atoms with Crippen LogP contribution in [-0.2, 0) is 4.79 Å². The van der Waals surface area contributed by atoms with E-state index in [4.69, 9.17) is 11.6 Å². The summed E-state index contributed by atoms with van der Waals surface area (Å²) in [6.07, 6.45) is 0.560. The summed E-state index contributed by atoms with van der Waals surface area (Å²) in [6, 6.07) is 8.21. The average molecular weight is 239 g/mol. The zero-order valence-corrected chi connectivity index (χ0v) is 9.92. The minimum absolute atomic E-state index is 0.121. The van der Waals surface area contributed by atoms with Crippen LogP contribution in [0, 0.1) is 0 Å². The van der Waals surface area contributed by atoms with Crippen molar-refractivity contribution in [2.24, 2.45) is 0 Å². The minimum atomic E-state index is 0.121. The zero-order valence-electron chi connectivity index (χ0n) is 9.16. The molecule has 0 aliphatic carbocycles. The number of hydrogen-bond acceptors (Lipinski definition) is 2. The molecule has 1 fully saturated rings. The summed E-state index contributed by atoms with van der Waals surface area (Å²) in [6.45, 7) is 2.79. The summed E-state index contributed by atoms with van der Waals surface area (Å²) >= 11 is 5.93. The van der Waals surface area contributed by atoms with Crippen molar-refractivity contribution in [3.05, 3.63) is 34.9 Å². The Kier molecular flexibility index (Phi) is 3.46. The Balaban J connectivity index is 1.97. The quantitative estimate of drug-likeness (QED) is 0.844. The molecule has 1 aromatic carbocycles. The van der Waals surface area contributed by atoms with Gasteiger partial charge in [0.2, 0.25) is 5.91 Å². The van der Waals surface area contributed by atoms with E-state index in [-0.39, 0.29) is 18.0 Å². The van der Waals surface area contributed by atoms with E-state index in [1.54, 1.807) is 0 Å². The zero-order chi connectivity index (χ0) is 11.5. The smallest absolute Gasteiger partial charge is 0.221 e. The van der Waals surface area contributed by atoms with E-state index in [9.17, 15) is 4.79 Å². The van der Waals surface area contributed by atoms with Gasteiger partial charge in [-0.2, -0.15) is 0 Å². The Morgan fingerprint density at radius 2 is 2.38 bits per heavy atom. The number of nitrogens with one attached hydrogen (secondary N) is 2. The number of carbonyl (C=O) groups excluding carboxylic acids is 1. The van der Waals surface area contributed by atoms with E-state index >= 15 is 0 Å². The highest BCUT2D eigenvalue weighted by Crippen LogP contribution is 2.18. The Morgan fingerprint density at radius 1 is 1.56 bits per heavy atom. The molecule has 1 amide bonds. The highest BCUT2D eigenvalue weighted by atomic mass is 35.5. The SMILES string of the molecule is CC(NC1CNC(=O)C1)c1cccc(Cl)c1. The second-order valence-corrected chi connectivity index (χ2v) is 4.58. The van der Waals surface area contributed by atoms with Crippen molar-refractivity contribution in [3.8, 4) is 0 Å². The maximum absolute atomic E-state index is 11.1. The van der Waals surface area contributed by atoms with Crippen molar-refractivity contribution >= 4 is 17.5 Å². The van der Waals surface area contributed by atoms with E-state index in [0.29, 0.717) is 13.0 Å². The van der Waals surface area contributed by atoms with Crippen molar-refractivity contribution in [3.63, 3.8) is 0 Å². The maximum Gasteiger partial charge on any atom is 0.221 e. The molecular formula is C12H15ClN2O. The topological polar surface area (TPSA) is 41.1 Å². The van der Waals surface area contributed by atoms with Gasteiger partial charge >= 0.3 is 0 Å². The fourth-order valence-electron chi connectivity index (χ4n) is 1.95. The maximum atomic E-state index is 11.1. The first-order chi connectivity index (χ1) is 7.65. The standard InChI is InChI=1S/C12H15ClN2O/c1-8(9-3-2-4-10(13)5-9)15-11-6-12(16)14-7-11/h2-5,8,11,15H,6-7H2,1H3,(H,14,16). The van der Waals surface area contributed by atoms with Gasteiger partial charge in [-0.05, 0) is 24.6 Å². The summed E-state index contributed by atoms with van der Waals surface area (Å²) < 4.78 is 0. The third-order valence-corrected chi connectivity index (χ3v) is 3.05. The van der Waals surface area contributed by atoms with Crippen LogP contribution in [0.1, 0.15) is 24.9 Å². The summed E-state index contributed by atoms with van der Waals surface area (Å²) in [5.41, 5.74) is 1.15. The largest absolute Gasteiger partial charge is 0.354 e. The summed E-state index contributed by atoms with van der Waals surface area (Å²) in [4.78, 5) is 11.1. The lowest BCUT2D eigenvalue weighted by molar-refractivity contribution is -0.119. The molecule has 2 rings (SSSR count). The van der Waals surface area contributed by atoms with Crippen molar-refractivity contribution in [1.29, 1.82) is 0 Å². The van der Waals surface area contributed by atoms with Crippen molar-refractivity contribution < 1.29 is 4.79 Å². The van der Waals surface area contributed by atoms with Crippen LogP contribution in [0.2, 0.25) is 5.02 Å². The number of halogens is 1. The van der Waals surface area contributed by atoms with Crippen LogP contribution in [0.3, 0.4) is 0 Å². The van der Waals surface area contributed by atoms with Crippen molar-refractivity contribution in [2.45, 2.75) is 25.4 Å². The molecular weight excluding hydrogens is 224 g/mol. The molecule has 0 saturated carbocycles. The molecule has 3 nitrogen and oxygen atoms in total. The first-order valence-electron chi connectivity index (χ1n) is 5.43. The fraction of sp³-hybridized carbons (Fsp3) is 0.417. The average Bonchev–Trinajstić information content (AvgIpc) is 2.64. The molecule has 2 atom stereocenters. The third-order valence-electron chi connectivity index (χ3n) is 2.81. The van der Waals surface area contributed by atoms with Gasteiger partial charge in [0.05, 0.1) is 0 Å². The van der Waals surface area contributed by atoms with Gasteiger partial charge < -0.3 is 10.6 Å². The molecule has 2 unspecified atom stereocenters. The molecule has 0 radical (unpaired) electrons. The van der Waals surface area contributed by atoms with E-state index in [1.807, 2.05) is 24.3 Å². The van der Waals surface area contributed by atoms with Crippen LogP contribution in [0.4, 0.5) is 0 Å². The lowest BCUT2D eigenvalue weighted by atomic mass is 10.1. The molecule has 0 bridgehead atoms. The lowest BCUT2D eigenvalue weighted by Crippen LogP contribution is -2.33. The van der Waals surface area contributed by atoms with Crippen molar-refractivity contribution in [1.82, 2.24) is 10.6 Å². The minimum Gasteiger partial charge on any atom is -0.354 e. The van der Waals surface area contributed by atoms with Gasteiger partial charge in [0.25, 0.3) is 0 Å². The van der Waals surface area contributed by atoms with Gasteiger partial charge in [-0.3, -0.25) is 4.79 Å². The fourth-order valence-corrected chi connectivity index (χ4v) is 2.15. The Labute approximate surface area is 100 Å². The number of benzene rings is 1. The first-order valence-corrected chi connectivity index (χ1v) is 5.81. The molecule has 2 N–H and O–H groups in total. The highest BCUT2D eigenvalue weighted by Gasteiger charge is 2.22. The predicted octanol–water partition coefficient (Wildman–Crippen LogP) is 1.88. The van der Waals surface area contributed by atoms with Crippen LogP contribution in [0.5, 0.6) is 0 Å². The van der Waals surface area contributed by atoms with Gasteiger partial charge in [-0.1, -0.05) is 23.7 Å². The van der Waals surface area contributed by atoms with Gasteiger partial charge in [-0.25, -0.2) is 0 Å². The van der Waals surface area contributed by atoms with Crippen LogP contribution < -0.4 is 10.6 Å². The molecule has 0 aromatic heterocycles. The highest BCUT2D eigenvalue weighted by molar-refractivity contribution is 6.30. The number of rotatable bonds is 3. The Bertz CT molecular complexity index is 394. The van der Waals surface area contributed by atoms with Gasteiger partial charge in [0.15, 0.2) is 0 Å². The summed E-state index contributed by atoms with van der Waals surface area (Å²) in [7, 11) is 0. The van der Waals surface area contributed by atoms with Gasteiger partial charge in [-0.15, -0.1) is 0 Å². The third kappa shape index (κ3) is 2.74. The monoisotopic (exact) mass is 238 g/mol. The van der Waals surface area contributed by atoms with E-state index < -0.39 is 0 Å². The van der Waals surface area contributed by atoms with Crippen LogP contribution in [0.15, 0.2) is 24.3 Å². The van der Waals surface area contributed by atoms with Crippen molar-refractivity contribution in [2.75, 3.05) is 6.54 Å². The molecule has 1 aromatic rings. The Hall–Kier alpha value is -1.06. The Morgan fingerprint density at radius 3 is 3.00 bits per heavy atom. The molecule has 16 heavy (non-hydrogen) atoms. The molecule has 1 aliphatic rings. The number of carbonyl (C=O) groups is 1. The van der Waals surface area contributed by atoms with Crippen LogP contribution in [-0.4, -0.2) is 18.5 Å². The normalized spacial score (nSPS) is 21.9. The lowest BCUT2D eigenvalue weighted by Gasteiger charge is -2.18. The molecule has 1 aliphatic heterocycles. The second kappa shape index (κ2) is 4.85. The first kappa shape index (κ1) is 11.4. The molecule has 0 spiro atoms. The number of amides is 1. The number of hydrogen-bond donors (Lipinski definition) is 2. The van der Waals surface area contributed by atoms with E-state index in [0.717, 1.165) is 10.6 Å². The molecule has 86 valence electrons. The summed E-state index contributed by atoms with van der Waals surface area (Å²) in [5, 5.41) is 6.96. The molecule has 1 heterocycles. The predicted molar refractivity (Wildman–Crippen MR) is 64.4 cm³/mol. The van der Waals surface area contributed by atoms with Crippen LogP contribution in [0.25, 0.3) is 0 Å². The van der Waals surface area contributed by atoms with Crippen LogP contribution >= 0.6 is 11.6 Å². The molecule has 4 heteroatoms. The van der Waals surface area contributed by atoms with E-state index in [1.165, 1.54) is 0 Å². The van der Waals surface area contributed by atoms with E-state index in [2.05, 4.69) is 17.6 Å². The summed E-state index contributed by atoms with van der Waals surface area (Å²) in [5.74, 6) is 0.121. The van der Waals surface area contributed by atoms with Gasteiger partial charge in [0.1, 0.15) is 0 Å². The second-order valence-electron chi connectivity index (χ2n) is 4.15.